The monoisotopic (exact) mass is 195 g/mol. The Morgan fingerprint density at radius 3 is 2.38 bits per heavy atom. The molecular weight excluding hydrogens is 180 g/mol. The quantitative estimate of drug-likeness (QED) is 0.606. The predicted octanol–water partition coefficient (Wildman–Crippen LogP) is 1.01. The molecule has 0 spiro atoms. The number of nitrogens with zero attached hydrogens (tertiary/aromatic N) is 2. The number of halogens is 3. The van der Waals surface area contributed by atoms with Gasteiger partial charge in [-0.15, -0.1) is 0 Å². The van der Waals surface area contributed by atoms with Crippen molar-refractivity contribution in [3.63, 3.8) is 0 Å². The molecule has 0 aromatic rings. The second kappa shape index (κ2) is 4.33. The zero-order chi connectivity index (χ0) is 9.90. The molecule has 0 aliphatic carbocycles. The summed E-state index contributed by atoms with van der Waals surface area (Å²) in [6.45, 7) is -1.89. The van der Waals surface area contributed by atoms with E-state index in [0.717, 1.165) is 19.5 Å². The molecule has 1 rings (SSSR count). The molecule has 1 heterocycles. The summed E-state index contributed by atoms with van der Waals surface area (Å²) in [5.74, 6) is 0. The molecule has 0 saturated carbocycles. The third-order valence-corrected chi connectivity index (χ3v) is 2.28. The summed E-state index contributed by atoms with van der Waals surface area (Å²) < 4.78 is 36.2. The molecule has 1 aliphatic rings. The maximum atomic E-state index is 12.1. The van der Waals surface area contributed by atoms with Crippen LogP contribution in [0.25, 0.3) is 0 Å². The summed E-state index contributed by atoms with van der Waals surface area (Å²) in [7, 11) is 1.95. The summed E-state index contributed by atoms with van der Waals surface area (Å²) in [5, 5.41) is 0. The van der Waals surface area contributed by atoms with Crippen molar-refractivity contribution in [2.75, 3.05) is 39.7 Å². The lowest BCUT2D eigenvalue weighted by Crippen LogP contribution is -2.39. The predicted molar refractivity (Wildman–Crippen MR) is 47.6 cm³/mol. The van der Waals surface area contributed by atoms with E-state index in [1.807, 2.05) is 7.05 Å². The van der Waals surface area contributed by atoms with Crippen LogP contribution in [-0.2, 0) is 0 Å². The molecule has 78 valence electrons. The highest BCUT2D eigenvalue weighted by molar-refractivity contribution is 6.58. The molecule has 1 aliphatic heterocycles. The van der Waals surface area contributed by atoms with Crippen molar-refractivity contribution in [2.45, 2.75) is 6.42 Å². The number of hydrogen-bond donors (Lipinski definition) is 0. The van der Waals surface area contributed by atoms with Gasteiger partial charge in [-0.1, -0.05) is 0 Å². The van der Waals surface area contributed by atoms with Crippen LogP contribution in [0.15, 0.2) is 0 Å². The molecule has 0 unspecified atom stereocenters. The van der Waals surface area contributed by atoms with Gasteiger partial charge in [-0.3, -0.25) is 0 Å². The maximum absolute atomic E-state index is 12.1. The average molecular weight is 195 g/mol. The first-order valence-corrected chi connectivity index (χ1v) is 4.59. The Kier molecular flexibility index (Phi) is 3.61. The Balaban J connectivity index is 2.34. The highest BCUT2D eigenvalue weighted by Gasteiger charge is 2.26. The molecule has 0 N–H and O–H groups in total. The van der Waals surface area contributed by atoms with Crippen molar-refractivity contribution in [3.05, 3.63) is 0 Å². The fourth-order valence-electron chi connectivity index (χ4n) is 1.58. The van der Waals surface area contributed by atoms with Crippen molar-refractivity contribution < 1.29 is 12.9 Å². The second-order valence-electron chi connectivity index (χ2n) is 3.67. The van der Waals surface area contributed by atoms with Crippen LogP contribution in [-0.4, -0.2) is 56.4 Å². The van der Waals surface area contributed by atoms with Crippen LogP contribution in [0, 0.1) is 0 Å². The van der Waals surface area contributed by atoms with Crippen LogP contribution < -0.4 is 0 Å². The Bertz CT molecular complexity index is 162. The van der Waals surface area contributed by atoms with E-state index in [1.165, 1.54) is 4.90 Å². The SMILES string of the molecule is CN1CCCN(C[B-](F)(F)F)CC1. The largest absolute Gasteiger partial charge is 0.492 e. The molecule has 0 radical (unpaired) electrons. The van der Waals surface area contributed by atoms with E-state index in [-0.39, 0.29) is 0 Å². The number of hydrogen-bond acceptors (Lipinski definition) is 2. The Labute approximate surface area is 76.7 Å². The van der Waals surface area contributed by atoms with Crippen LogP contribution in [0.4, 0.5) is 12.9 Å². The second-order valence-corrected chi connectivity index (χ2v) is 3.67. The van der Waals surface area contributed by atoms with Gasteiger partial charge in [0.2, 0.25) is 0 Å². The number of likely N-dealkylation sites (N-methyl/N-ethyl adjacent to an activating group) is 1. The van der Waals surface area contributed by atoms with E-state index in [0.29, 0.717) is 13.1 Å². The van der Waals surface area contributed by atoms with E-state index in [4.69, 9.17) is 0 Å². The van der Waals surface area contributed by atoms with Gasteiger partial charge in [-0.05, 0) is 33.0 Å². The molecule has 0 amide bonds. The van der Waals surface area contributed by atoms with Crippen molar-refractivity contribution in [2.24, 2.45) is 0 Å². The lowest BCUT2D eigenvalue weighted by molar-refractivity contribution is 0.280. The van der Waals surface area contributed by atoms with E-state index in [2.05, 4.69) is 4.90 Å². The molecule has 13 heavy (non-hydrogen) atoms. The molecule has 0 atom stereocenters. The standard InChI is InChI=1S/C7H15BF3N2/c1-12-3-2-4-13(6-5-12)7-8(9,10)11/h2-7H2,1H3/q-1. The lowest BCUT2D eigenvalue weighted by atomic mass is 9.91. The molecule has 1 saturated heterocycles. The average Bonchev–Trinajstić information content (AvgIpc) is 2.12. The topological polar surface area (TPSA) is 6.48 Å². The third kappa shape index (κ3) is 4.52. The van der Waals surface area contributed by atoms with E-state index < -0.39 is 13.4 Å². The molecule has 2 nitrogen and oxygen atoms in total. The molecule has 0 aromatic heterocycles. The number of rotatable bonds is 2. The van der Waals surface area contributed by atoms with Crippen molar-refractivity contribution in [3.8, 4) is 0 Å². The highest BCUT2D eigenvalue weighted by Crippen LogP contribution is 2.12. The van der Waals surface area contributed by atoms with Crippen molar-refractivity contribution >= 4 is 6.98 Å². The fraction of sp³-hybridized carbons (Fsp3) is 1.00. The van der Waals surface area contributed by atoms with Gasteiger partial charge < -0.3 is 22.7 Å². The van der Waals surface area contributed by atoms with Crippen LogP contribution in [0.3, 0.4) is 0 Å². The molecule has 0 aromatic carbocycles. The lowest BCUT2D eigenvalue weighted by Gasteiger charge is -2.26. The summed E-state index contributed by atoms with van der Waals surface area (Å²) in [4.78, 5) is 3.58. The van der Waals surface area contributed by atoms with Gasteiger partial charge in [0.1, 0.15) is 0 Å². The minimum atomic E-state index is -4.65. The summed E-state index contributed by atoms with van der Waals surface area (Å²) in [6.07, 6.45) is 0.135. The Hall–Kier alpha value is -0.225. The minimum absolute atomic E-state index is 0.539. The van der Waals surface area contributed by atoms with Gasteiger partial charge in [-0.25, -0.2) is 0 Å². The van der Waals surface area contributed by atoms with Crippen molar-refractivity contribution in [1.29, 1.82) is 0 Å². The van der Waals surface area contributed by atoms with Gasteiger partial charge in [0.25, 0.3) is 0 Å². The van der Waals surface area contributed by atoms with Crippen LogP contribution in [0.2, 0.25) is 0 Å². The normalized spacial score (nSPS) is 23.1. The molecule has 0 bridgehead atoms. The molecule has 1 fully saturated rings. The van der Waals surface area contributed by atoms with Gasteiger partial charge in [0.15, 0.2) is 0 Å². The van der Waals surface area contributed by atoms with Gasteiger partial charge >= 0.3 is 6.98 Å². The zero-order valence-electron chi connectivity index (χ0n) is 7.85. The fourth-order valence-corrected chi connectivity index (χ4v) is 1.58. The zero-order valence-corrected chi connectivity index (χ0v) is 7.85. The first-order valence-electron chi connectivity index (χ1n) is 4.59. The first-order chi connectivity index (χ1) is 5.97. The van der Waals surface area contributed by atoms with Crippen LogP contribution in [0.1, 0.15) is 6.42 Å². The highest BCUT2D eigenvalue weighted by atomic mass is 19.4. The third-order valence-electron chi connectivity index (χ3n) is 2.28. The maximum Gasteiger partial charge on any atom is 0.492 e. The van der Waals surface area contributed by atoms with E-state index in [9.17, 15) is 12.9 Å². The summed E-state index contributed by atoms with van der Waals surface area (Å²) in [5.41, 5.74) is 0. The Morgan fingerprint density at radius 2 is 1.77 bits per heavy atom. The first kappa shape index (κ1) is 10.9. The van der Waals surface area contributed by atoms with E-state index >= 15 is 0 Å². The van der Waals surface area contributed by atoms with Gasteiger partial charge in [0.05, 0.1) is 0 Å². The minimum Gasteiger partial charge on any atom is -0.448 e. The van der Waals surface area contributed by atoms with E-state index in [1.54, 1.807) is 0 Å². The summed E-state index contributed by atoms with van der Waals surface area (Å²) >= 11 is 0. The van der Waals surface area contributed by atoms with Crippen molar-refractivity contribution in [1.82, 2.24) is 9.80 Å². The Morgan fingerprint density at radius 1 is 1.08 bits per heavy atom. The van der Waals surface area contributed by atoms with Crippen LogP contribution >= 0.6 is 0 Å². The summed E-state index contributed by atoms with van der Waals surface area (Å²) in [6, 6.07) is 0. The molecule has 6 heteroatoms. The smallest absolute Gasteiger partial charge is 0.448 e. The van der Waals surface area contributed by atoms with Gasteiger partial charge in [0, 0.05) is 13.1 Å². The molecular formula is C7H15BF3N2-. The van der Waals surface area contributed by atoms with Crippen LogP contribution in [0.5, 0.6) is 0 Å². The van der Waals surface area contributed by atoms with Gasteiger partial charge in [-0.2, -0.15) is 0 Å².